The van der Waals surface area contributed by atoms with E-state index in [1.165, 1.54) is 18.5 Å². The van der Waals surface area contributed by atoms with Crippen LogP contribution in [0.4, 0.5) is 0 Å². The van der Waals surface area contributed by atoms with Crippen molar-refractivity contribution in [2.45, 2.75) is 43.9 Å². The van der Waals surface area contributed by atoms with Crippen molar-refractivity contribution in [3.05, 3.63) is 18.2 Å². The second kappa shape index (κ2) is 4.18. The van der Waals surface area contributed by atoms with E-state index in [4.69, 9.17) is 4.74 Å². The number of hydrogen-bond donors (Lipinski definition) is 1. The van der Waals surface area contributed by atoms with E-state index in [1.807, 2.05) is 12.5 Å². The number of nitrogens with zero attached hydrogens (tertiary/aromatic N) is 2. The lowest BCUT2D eigenvalue weighted by molar-refractivity contribution is 0.00509. The van der Waals surface area contributed by atoms with Crippen molar-refractivity contribution in [1.29, 1.82) is 0 Å². The molecule has 4 heteroatoms. The van der Waals surface area contributed by atoms with Gasteiger partial charge in [-0.2, -0.15) is 0 Å². The summed E-state index contributed by atoms with van der Waals surface area (Å²) in [5.41, 5.74) is 1.36. The minimum absolute atomic E-state index is 0.455. The molecule has 0 spiro atoms. The van der Waals surface area contributed by atoms with E-state index in [2.05, 4.69) is 14.9 Å². The molecule has 0 aromatic carbocycles. The van der Waals surface area contributed by atoms with Crippen LogP contribution in [-0.2, 0) is 4.74 Å². The molecule has 1 aliphatic carbocycles. The molecule has 0 unspecified atom stereocenters. The van der Waals surface area contributed by atoms with Crippen LogP contribution in [0, 0.1) is 0 Å². The summed E-state index contributed by atoms with van der Waals surface area (Å²) < 4.78 is 7.68. The lowest BCUT2D eigenvalue weighted by Crippen LogP contribution is -2.33. The summed E-state index contributed by atoms with van der Waals surface area (Å²) in [5.74, 6) is 0. The average molecular weight is 221 g/mol. The molecule has 1 aromatic heterocycles. The van der Waals surface area contributed by atoms with Crippen molar-refractivity contribution >= 4 is 0 Å². The van der Waals surface area contributed by atoms with Gasteiger partial charge in [-0.05, 0) is 32.2 Å². The van der Waals surface area contributed by atoms with Crippen LogP contribution in [0.25, 0.3) is 0 Å². The van der Waals surface area contributed by atoms with Gasteiger partial charge in [-0.1, -0.05) is 0 Å². The molecule has 2 aliphatic rings. The maximum Gasteiger partial charge on any atom is 0.0951 e. The Bertz CT molecular complexity index is 351. The van der Waals surface area contributed by atoms with Crippen LogP contribution in [0.2, 0.25) is 0 Å². The summed E-state index contributed by atoms with van der Waals surface area (Å²) in [5, 5.41) is 3.54. The Kier molecular flexibility index (Phi) is 2.69. The minimum Gasteiger partial charge on any atom is -0.381 e. The first-order valence-electron chi connectivity index (χ1n) is 6.16. The number of aromatic nitrogens is 2. The lowest BCUT2D eigenvalue weighted by atomic mass is 9.88. The molecule has 0 amide bonds. The first-order valence-corrected chi connectivity index (χ1v) is 6.16. The van der Waals surface area contributed by atoms with E-state index in [0.29, 0.717) is 18.2 Å². The van der Waals surface area contributed by atoms with Gasteiger partial charge in [0.1, 0.15) is 0 Å². The minimum atomic E-state index is 0.455. The van der Waals surface area contributed by atoms with Crippen molar-refractivity contribution < 1.29 is 4.74 Å². The zero-order valence-electron chi connectivity index (χ0n) is 9.72. The number of ether oxygens (including phenoxy) is 1. The van der Waals surface area contributed by atoms with Gasteiger partial charge >= 0.3 is 0 Å². The van der Waals surface area contributed by atoms with Crippen LogP contribution in [0.5, 0.6) is 0 Å². The third-order valence-electron chi connectivity index (χ3n) is 3.91. The molecule has 16 heavy (non-hydrogen) atoms. The van der Waals surface area contributed by atoms with E-state index in [0.717, 1.165) is 19.4 Å². The number of nitrogens with one attached hydrogen (secondary N) is 1. The van der Waals surface area contributed by atoms with Gasteiger partial charge in [0, 0.05) is 25.4 Å². The van der Waals surface area contributed by atoms with Gasteiger partial charge in [0.15, 0.2) is 0 Å². The largest absolute Gasteiger partial charge is 0.381 e. The van der Waals surface area contributed by atoms with Crippen LogP contribution in [0.3, 0.4) is 0 Å². The van der Waals surface area contributed by atoms with Gasteiger partial charge in [-0.3, -0.25) is 0 Å². The van der Waals surface area contributed by atoms with Crippen molar-refractivity contribution in [2.24, 2.45) is 0 Å². The molecule has 1 aromatic rings. The van der Waals surface area contributed by atoms with Crippen LogP contribution in [0.15, 0.2) is 12.5 Å². The molecule has 1 atom stereocenters. The van der Waals surface area contributed by atoms with Crippen LogP contribution < -0.4 is 5.32 Å². The highest BCUT2D eigenvalue weighted by atomic mass is 16.5. The summed E-state index contributed by atoms with van der Waals surface area (Å²) in [4.78, 5) is 4.30. The smallest absolute Gasteiger partial charge is 0.0951 e. The molecule has 2 fully saturated rings. The Morgan fingerprint density at radius 2 is 2.38 bits per heavy atom. The second-order valence-electron chi connectivity index (χ2n) is 4.86. The molecular formula is C12H19N3O. The summed E-state index contributed by atoms with van der Waals surface area (Å²) in [7, 11) is 1.80. The first-order chi connectivity index (χ1) is 7.88. The molecule has 4 nitrogen and oxygen atoms in total. The van der Waals surface area contributed by atoms with E-state index < -0.39 is 0 Å². The van der Waals surface area contributed by atoms with E-state index in [-0.39, 0.29) is 0 Å². The van der Waals surface area contributed by atoms with Gasteiger partial charge in [0.2, 0.25) is 0 Å². The van der Waals surface area contributed by atoms with Crippen LogP contribution >= 0.6 is 0 Å². The fourth-order valence-electron chi connectivity index (χ4n) is 2.78. The molecule has 1 saturated carbocycles. The predicted octanol–water partition coefficient (Wildman–Crippen LogP) is 1.66. The molecule has 3 rings (SSSR count). The highest BCUT2D eigenvalue weighted by Crippen LogP contribution is 2.36. The van der Waals surface area contributed by atoms with Crippen LogP contribution in [-0.4, -0.2) is 29.3 Å². The number of methoxy groups -OCH3 is 1. The summed E-state index contributed by atoms with van der Waals surface area (Å²) >= 11 is 0. The number of hydrogen-bond acceptors (Lipinski definition) is 3. The molecule has 0 radical (unpaired) electrons. The SMILES string of the molecule is COC1CC(n2cncc2[C@@H]2CCCN2)C1. The molecule has 1 aliphatic heterocycles. The highest BCUT2D eigenvalue weighted by molar-refractivity contribution is 5.10. The Morgan fingerprint density at radius 3 is 3.06 bits per heavy atom. The van der Waals surface area contributed by atoms with E-state index in [9.17, 15) is 0 Å². The van der Waals surface area contributed by atoms with Crippen molar-refractivity contribution in [1.82, 2.24) is 14.9 Å². The monoisotopic (exact) mass is 221 g/mol. The highest BCUT2D eigenvalue weighted by Gasteiger charge is 2.32. The number of rotatable bonds is 3. The van der Waals surface area contributed by atoms with Crippen LogP contribution in [0.1, 0.15) is 43.5 Å². The standard InChI is InChI=1S/C12H19N3O/c1-16-10-5-9(6-10)15-8-13-7-12(15)11-3-2-4-14-11/h7-11,14H,2-6H2,1H3/t9?,10?,11-/m0/s1. The topological polar surface area (TPSA) is 39.1 Å². The Morgan fingerprint density at radius 1 is 1.50 bits per heavy atom. The van der Waals surface area contributed by atoms with Gasteiger partial charge in [0.25, 0.3) is 0 Å². The average Bonchev–Trinajstić information content (AvgIpc) is 2.84. The third-order valence-corrected chi connectivity index (χ3v) is 3.91. The molecule has 1 N–H and O–H groups in total. The van der Waals surface area contributed by atoms with Crippen molar-refractivity contribution in [2.75, 3.05) is 13.7 Å². The lowest BCUT2D eigenvalue weighted by Gasteiger charge is -2.36. The quantitative estimate of drug-likeness (QED) is 0.843. The predicted molar refractivity (Wildman–Crippen MR) is 61.3 cm³/mol. The summed E-state index contributed by atoms with van der Waals surface area (Å²) in [6, 6.07) is 1.12. The fourth-order valence-corrected chi connectivity index (χ4v) is 2.78. The Hall–Kier alpha value is -0.870. The van der Waals surface area contributed by atoms with E-state index >= 15 is 0 Å². The van der Waals surface area contributed by atoms with Gasteiger partial charge in [-0.25, -0.2) is 4.98 Å². The normalized spacial score (nSPS) is 33.9. The first kappa shape index (κ1) is 10.3. The number of imidazole rings is 1. The second-order valence-corrected chi connectivity index (χ2v) is 4.86. The maximum absolute atomic E-state index is 5.33. The summed E-state index contributed by atoms with van der Waals surface area (Å²) in [6.07, 6.45) is 9.23. The third kappa shape index (κ3) is 1.66. The Labute approximate surface area is 96.0 Å². The maximum atomic E-state index is 5.33. The van der Waals surface area contributed by atoms with Gasteiger partial charge in [-0.15, -0.1) is 0 Å². The molecule has 0 bridgehead atoms. The van der Waals surface area contributed by atoms with Crippen molar-refractivity contribution in [3.8, 4) is 0 Å². The van der Waals surface area contributed by atoms with Gasteiger partial charge < -0.3 is 14.6 Å². The zero-order valence-corrected chi connectivity index (χ0v) is 9.72. The zero-order chi connectivity index (χ0) is 11.0. The van der Waals surface area contributed by atoms with Crippen molar-refractivity contribution in [3.63, 3.8) is 0 Å². The molecule has 1 saturated heterocycles. The molecule has 88 valence electrons. The van der Waals surface area contributed by atoms with Gasteiger partial charge in [0.05, 0.1) is 18.1 Å². The molecular weight excluding hydrogens is 202 g/mol. The molecule has 2 heterocycles. The van der Waals surface area contributed by atoms with E-state index in [1.54, 1.807) is 7.11 Å². The Balaban J connectivity index is 1.73. The fraction of sp³-hybridized carbons (Fsp3) is 0.750. The summed E-state index contributed by atoms with van der Waals surface area (Å²) in [6.45, 7) is 1.14.